The molecule has 1 amide bonds. The first kappa shape index (κ1) is 16.5. The molecule has 0 fully saturated rings. The van der Waals surface area contributed by atoms with Crippen LogP contribution in [0.1, 0.15) is 29.1 Å². The van der Waals surface area contributed by atoms with Crippen molar-refractivity contribution in [1.82, 2.24) is 24.6 Å². The van der Waals surface area contributed by atoms with Gasteiger partial charge in [-0.1, -0.05) is 0 Å². The Balaban J connectivity index is 1.47. The number of carbonyl (C=O) groups is 1. The van der Waals surface area contributed by atoms with E-state index in [-0.39, 0.29) is 17.8 Å². The van der Waals surface area contributed by atoms with Gasteiger partial charge in [-0.15, -0.1) is 32.9 Å². The normalized spacial score (nSPS) is 16.7. The molecule has 4 aromatic rings. The molecule has 0 saturated carbocycles. The summed E-state index contributed by atoms with van der Waals surface area (Å²) in [5, 5.41) is 11.6. The lowest BCUT2D eigenvalue weighted by molar-refractivity contribution is 0.0638. The maximum Gasteiger partial charge on any atom is 0.254 e. The Kier molecular flexibility index (Phi) is 3.80. The quantitative estimate of drug-likeness (QED) is 0.512. The standard InChI is InChI=1S/C18H14FN5OS2/c1-10-14-21-22-15(17-20-16-13(27-17)6-9-26-16)24(14)8-7-23(10)18(25)11-2-4-12(19)5-3-11/h2-6,9-10H,7-8H2,1H3. The lowest BCUT2D eigenvalue weighted by atomic mass is 10.1. The molecule has 0 N–H and O–H groups in total. The number of benzene rings is 1. The van der Waals surface area contributed by atoms with Crippen LogP contribution in [-0.4, -0.2) is 37.1 Å². The van der Waals surface area contributed by atoms with E-state index in [1.54, 1.807) is 27.6 Å². The number of rotatable bonds is 2. The molecule has 4 heterocycles. The van der Waals surface area contributed by atoms with Gasteiger partial charge in [0, 0.05) is 18.7 Å². The van der Waals surface area contributed by atoms with Crippen LogP contribution in [0.3, 0.4) is 0 Å². The van der Waals surface area contributed by atoms with E-state index >= 15 is 0 Å². The van der Waals surface area contributed by atoms with Crippen molar-refractivity contribution < 1.29 is 9.18 Å². The summed E-state index contributed by atoms with van der Waals surface area (Å²) in [7, 11) is 0. The molecule has 1 atom stereocenters. The molecule has 6 nitrogen and oxygen atoms in total. The van der Waals surface area contributed by atoms with E-state index in [0.717, 1.165) is 26.2 Å². The van der Waals surface area contributed by atoms with E-state index < -0.39 is 0 Å². The van der Waals surface area contributed by atoms with Gasteiger partial charge in [-0.25, -0.2) is 9.37 Å². The molecule has 136 valence electrons. The third-order valence-electron chi connectivity index (χ3n) is 4.75. The minimum Gasteiger partial charge on any atom is -0.327 e. The number of halogens is 1. The number of thiophene rings is 1. The van der Waals surface area contributed by atoms with Crippen molar-refractivity contribution in [3.8, 4) is 10.8 Å². The van der Waals surface area contributed by atoms with Gasteiger partial charge in [-0.3, -0.25) is 4.79 Å². The molecule has 1 aliphatic heterocycles. The Hall–Kier alpha value is -2.65. The second-order valence-corrected chi connectivity index (χ2v) is 8.25. The van der Waals surface area contributed by atoms with Gasteiger partial charge in [-0.2, -0.15) is 0 Å². The number of nitrogens with zero attached hydrogens (tertiary/aromatic N) is 5. The Morgan fingerprint density at radius 3 is 2.78 bits per heavy atom. The van der Waals surface area contributed by atoms with Gasteiger partial charge >= 0.3 is 0 Å². The molecule has 1 aliphatic rings. The van der Waals surface area contributed by atoms with Gasteiger partial charge in [0.25, 0.3) is 5.91 Å². The summed E-state index contributed by atoms with van der Waals surface area (Å²) in [4.78, 5) is 20.2. The van der Waals surface area contributed by atoms with Crippen molar-refractivity contribution in [2.24, 2.45) is 0 Å². The number of thiazole rings is 1. The van der Waals surface area contributed by atoms with Gasteiger partial charge in [0.15, 0.2) is 16.7 Å². The maximum atomic E-state index is 13.1. The van der Waals surface area contributed by atoms with Crippen LogP contribution in [0, 0.1) is 5.82 Å². The highest BCUT2D eigenvalue weighted by Crippen LogP contribution is 2.35. The number of aromatic nitrogens is 4. The summed E-state index contributed by atoms with van der Waals surface area (Å²) in [6.07, 6.45) is 0. The lowest BCUT2D eigenvalue weighted by Crippen LogP contribution is -2.41. The predicted octanol–water partition coefficient (Wildman–Crippen LogP) is 3.97. The van der Waals surface area contributed by atoms with Crippen molar-refractivity contribution in [1.29, 1.82) is 0 Å². The van der Waals surface area contributed by atoms with Crippen LogP contribution in [-0.2, 0) is 6.54 Å². The van der Waals surface area contributed by atoms with Crippen LogP contribution in [0.25, 0.3) is 20.4 Å². The van der Waals surface area contributed by atoms with Crippen molar-refractivity contribution in [3.63, 3.8) is 0 Å². The summed E-state index contributed by atoms with van der Waals surface area (Å²) in [5.74, 6) is 1.00. The van der Waals surface area contributed by atoms with Crippen LogP contribution in [0.15, 0.2) is 35.7 Å². The molecule has 0 radical (unpaired) electrons. The zero-order valence-electron chi connectivity index (χ0n) is 14.3. The molecular weight excluding hydrogens is 385 g/mol. The Morgan fingerprint density at radius 2 is 2.00 bits per heavy atom. The van der Waals surface area contributed by atoms with E-state index in [9.17, 15) is 9.18 Å². The topological polar surface area (TPSA) is 63.9 Å². The van der Waals surface area contributed by atoms with E-state index in [2.05, 4.69) is 21.2 Å². The predicted molar refractivity (Wildman–Crippen MR) is 102 cm³/mol. The van der Waals surface area contributed by atoms with Gasteiger partial charge in [0.05, 0.1) is 10.7 Å². The summed E-state index contributed by atoms with van der Waals surface area (Å²) in [6.45, 7) is 3.07. The van der Waals surface area contributed by atoms with E-state index in [4.69, 9.17) is 0 Å². The van der Waals surface area contributed by atoms with Crippen molar-refractivity contribution in [2.75, 3.05) is 6.54 Å². The molecule has 0 bridgehead atoms. The summed E-state index contributed by atoms with van der Waals surface area (Å²) < 4.78 is 16.3. The third kappa shape index (κ3) is 2.65. The largest absolute Gasteiger partial charge is 0.327 e. The molecule has 0 saturated heterocycles. The highest BCUT2D eigenvalue weighted by Gasteiger charge is 2.32. The Bertz CT molecular complexity index is 1120. The van der Waals surface area contributed by atoms with E-state index in [1.165, 1.54) is 24.3 Å². The van der Waals surface area contributed by atoms with Crippen molar-refractivity contribution in [2.45, 2.75) is 19.5 Å². The van der Waals surface area contributed by atoms with Crippen molar-refractivity contribution in [3.05, 3.63) is 52.9 Å². The molecule has 5 rings (SSSR count). The average Bonchev–Trinajstić information content (AvgIpc) is 3.36. The lowest BCUT2D eigenvalue weighted by Gasteiger charge is -2.33. The fourth-order valence-corrected chi connectivity index (χ4v) is 5.27. The highest BCUT2D eigenvalue weighted by atomic mass is 32.1. The molecule has 3 aromatic heterocycles. The molecule has 1 unspecified atom stereocenters. The monoisotopic (exact) mass is 399 g/mol. The zero-order valence-corrected chi connectivity index (χ0v) is 15.9. The molecule has 0 spiro atoms. The summed E-state index contributed by atoms with van der Waals surface area (Å²) in [5.41, 5.74) is 0.469. The second-order valence-electron chi connectivity index (χ2n) is 6.32. The fourth-order valence-electron chi connectivity index (χ4n) is 3.34. The third-order valence-corrected chi connectivity index (χ3v) is 6.70. The molecule has 27 heavy (non-hydrogen) atoms. The van der Waals surface area contributed by atoms with Crippen LogP contribution in [0.4, 0.5) is 4.39 Å². The molecule has 1 aromatic carbocycles. The first-order valence-electron chi connectivity index (χ1n) is 8.46. The SMILES string of the molecule is CC1c2nnc(-c3nc4sccc4s3)n2CCN1C(=O)c1ccc(F)cc1. The first-order chi connectivity index (χ1) is 13.1. The van der Waals surface area contributed by atoms with Gasteiger partial charge < -0.3 is 9.47 Å². The van der Waals surface area contributed by atoms with E-state index in [0.29, 0.717) is 18.7 Å². The second kappa shape index (κ2) is 6.21. The molecular formula is C18H14FN5OS2. The van der Waals surface area contributed by atoms with Crippen LogP contribution in [0.2, 0.25) is 0 Å². The molecule has 0 aliphatic carbocycles. The smallest absolute Gasteiger partial charge is 0.254 e. The summed E-state index contributed by atoms with van der Waals surface area (Å²) >= 11 is 3.21. The number of carbonyl (C=O) groups excluding carboxylic acids is 1. The zero-order chi connectivity index (χ0) is 18.5. The van der Waals surface area contributed by atoms with Crippen LogP contribution in [0.5, 0.6) is 0 Å². The Labute approximate surface area is 161 Å². The number of hydrogen-bond acceptors (Lipinski definition) is 6. The minimum atomic E-state index is -0.356. The number of amides is 1. The van der Waals surface area contributed by atoms with Gasteiger partial charge in [0.1, 0.15) is 10.6 Å². The van der Waals surface area contributed by atoms with E-state index in [1.807, 2.05) is 16.9 Å². The summed E-state index contributed by atoms with van der Waals surface area (Å²) in [6, 6.07) is 7.46. The maximum absolute atomic E-state index is 13.1. The number of hydrogen-bond donors (Lipinski definition) is 0. The fraction of sp³-hybridized carbons (Fsp3) is 0.222. The number of fused-ring (bicyclic) bond motifs is 2. The highest BCUT2D eigenvalue weighted by molar-refractivity contribution is 7.27. The molecule has 9 heteroatoms. The van der Waals surface area contributed by atoms with Crippen LogP contribution < -0.4 is 0 Å². The van der Waals surface area contributed by atoms with Crippen LogP contribution >= 0.6 is 22.7 Å². The van der Waals surface area contributed by atoms with Gasteiger partial charge in [0.2, 0.25) is 0 Å². The average molecular weight is 399 g/mol. The minimum absolute atomic E-state index is 0.131. The first-order valence-corrected chi connectivity index (χ1v) is 10.2. The Morgan fingerprint density at radius 1 is 1.19 bits per heavy atom. The van der Waals surface area contributed by atoms with Crippen molar-refractivity contribution >= 4 is 38.1 Å². The van der Waals surface area contributed by atoms with Gasteiger partial charge in [-0.05, 0) is 42.6 Å².